The maximum Gasteiger partial charge on any atom is 0.151 e. The van der Waals surface area contributed by atoms with E-state index in [1.807, 2.05) is 0 Å². The van der Waals surface area contributed by atoms with E-state index < -0.39 is 0 Å². The molecule has 0 amide bonds. The lowest BCUT2D eigenvalue weighted by Gasteiger charge is -2.12. The lowest BCUT2D eigenvalue weighted by molar-refractivity contribution is 1.12. The third-order valence-electron chi connectivity index (χ3n) is 7.06. The van der Waals surface area contributed by atoms with E-state index in [9.17, 15) is 0 Å². The quantitative estimate of drug-likeness (QED) is 0.241. The van der Waals surface area contributed by atoms with Gasteiger partial charge in [0.1, 0.15) is 11.2 Å². The van der Waals surface area contributed by atoms with Gasteiger partial charge in [-0.2, -0.15) is 0 Å². The van der Waals surface area contributed by atoms with Crippen molar-refractivity contribution in [1.29, 1.82) is 0 Å². The number of benzene rings is 5. The SMILES string of the molecule is c1ccc2cc(-n3c4ccccc4c4nc5c6ccccc6c6ccccc6n5c43)ccc2c1. The van der Waals surface area contributed by atoms with Crippen LogP contribution in [0.2, 0.25) is 0 Å². The molecule has 0 unspecified atom stereocenters. The van der Waals surface area contributed by atoms with Crippen molar-refractivity contribution in [2.24, 2.45) is 0 Å². The van der Waals surface area contributed by atoms with Gasteiger partial charge in [0.25, 0.3) is 0 Å². The molecule has 8 aromatic rings. The fraction of sp³-hybridized carbons (Fsp3) is 0. The second kappa shape index (κ2) is 6.46. The summed E-state index contributed by atoms with van der Waals surface area (Å²) in [6, 6.07) is 41.1. The molecule has 0 spiro atoms. The smallest absolute Gasteiger partial charge is 0.151 e. The minimum Gasteiger partial charge on any atom is -0.294 e. The molecule has 0 N–H and O–H groups in total. The van der Waals surface area contributed by atoms with Gasteiger partial charge < -0.3 is 0 Å². The molecular weight excluding hydrogens is 414 g/mol. The molecule has 158 valence electrons. The highest BCUT2D eigenvalue weighted by atomic mass is 15.2. The van der Waals surface area contributed by atoms with Crippen LogP contribution in [0.1, 0.15) is 0 Å². The molecule has 3 heterocycles. The van der Waals surface area contributed by atoms with E-state index in [1.165, 1.54) is 43.4 Å². The molecule has 3 nitrogen and oxygen atoms in total. The van der Waals surface area contributed by atoms with Gasteiger partial charge in [0, 0.05) is 21.8 Å². The first kappa shape index (κ1) is 17.9. The number of fused-ring (bicyclic) bond motifs is 11. The van der Waals surface area contributed by atoms with Gasteiger partial charge in [0.05, 0.1) is 11.0 Å². The number of hydrogen-bond acceptors (Lipinski definition) is 1. The Morgan fingerprint density at radius 3 is 2.00 bits per heavy atom. The molecule has 3 heteroatoms. The zero-order valence-electron chi connectivity index (χ0n) is 18.3. The normalized spacial score (nSPS) is 12.1. The molecule has 0 atom stereocenters. The average Bonchev–Trinajstić information content (AvgIpc) is 3.44. The van der Waals surface area contributed by atoms with E-state index in [1.54, 1.807) is 0 Å². The summed E-state index contributed by atoms with van der Waals surface area (Å²) in [7, 11) is 0. The Kier molecular flexibility index (Phi) is 3.39. The molecule has 0 aliphatic rings. The first-order chi connectivity index (χ1) is 16.9. The van der Waals surface area contributed by atoms with Crippen molar-refractivity contribution in [1.82, 2.24) is 14.0 Å². The van der Waals surface area contributed by atoms with Crippen molar-refractivity contribution in [2.75, 3.05) is 0 Å². The van der Waals surface area contributed by atoms with Crippen molar-refractivity contribution in [3.8, 4) is 5.69 Å². The largest absolute Gasteiger partial charge is 0.294 e. The van der Waals surface area contributed by atoms with Crippen LogP contribution in [0, 0.1) is 0 Å². The predicted molar refractivity (Wildman–Crippen MR) is 142 cm³/mol. The van der Waals surface area contributed by atoms with Crippen molar-refractivity contribution in [2.45, 2.75) is 0 Å². The monoisotopic (exact) mass is 433 g/mol. The molecule has 0 radical (unpaired) electrons. The van der Waals surface area contributed by atoms with Gasteiger partial charge in [-0.05, 0) is 40.4 Å². The molecule has 0 fully saturated rings. The maximum atomic E-state index is 5.27. The number of rotatable bonds is 1. The van der Waals surface area contributed by atoms with Gasteiger partial charge in [0.2, 0.25) is 0 Å². The van der Waals surface area contributed by atoms with E-state index in [0.29, 0.717) is 0 Å². The highest BCUT2D eigenvalue weighted by Gasteiger charge is 2.21. The first-order valence-electron chi connectivity index (χ1n) is 11.6. The van der Waals surface area contributed by atoms with Gasteiger partial charge in [-0.1, -0.05) is 91.0 Å². The van der Waals surface area contributed by atoms with E-state index >= 15 is 0 Å². The third kappa shape index (κ3) is 2.23. The Hall–Kier alpha value is -4.63. The van der Waals surface area contributed by atoms with Crippen LogP contribution >= 0.6 is 0 Å². The maximum absolute atomic E-state index is 5.27. The van der Waals surface area contributed by atoms with Gasteiger partial charge in [0.15, 0.2) is 5.65 Å². The van der Waals surface area contributed by atoms with E-state index in [-0.39, 0.29) is 0 Å². The summed E-state index contributed by atoms with van der Waals surface area (Å²) in [4.78, 5) is 5.27. The molecule has 0 bridgehead atoms. The minimum absolute atomic E-state index is 1.000. The molecule has 0 saturated heterocycles. The number of pyridine rings is 1. The van der Waals surface area contributed by atoms with Gasteiger partial charge >= 0.3 is 0 Å². The van der Waals surface area contributed by atoms with Gasteiger partial charge in [-0.25, -0.2) is 4.98 Å². The summed E-state index contributed by atoms with van der Waals surface area (Å²) in [6.45, 7) is 0. The lowest BCUT2D eigenvalue weighted by atomic mass is 10.1. The highest BCUT2D eigenvalue weighted by Crippen LogP contribution is 2.37. The predicted octanol–water partition coefficient (Wildman–Crippen LogP) is 7.89. The van der Waals surface area contributed by atoms with Crippen LogP contribution in [-0.2, 0) is 0 Å². The Bertz CT molecular complexity index is 2070. The minimum atomic E-state index is 1.000. The van der Waals surface area contributed by atoms with Crippen LogP contribution in [0.5, 0.6) is 0 Å². The zero-order chi connectivity index (χ0) is 22.2. The number of imidazole rings is 1. The summed E-state index contributed by atoms with van der Waals surface area (Å²) in [5.41, 5.74) is 6.62. The first-order valence-corrected chi connectivity index (χ1v) is 11.6. The van der Waals surface area contributed by atoms with Crippen LogP contribution in [0.25, 0.3) is 65.8 Å². The Morgan fingerprint density at radius 1 is 0.500 bits per heavy atom. The van der Waals surface area contributed by atoms with E-state index in [4.69, 9.17) is 4.98 Å². The molecule has 5 aromatic carbocycles. The average molecular weight is 434 g/mol. The number of hydrogen-bond donors (Lipinski definition) is 0. The Balaban J connectivity index is 1.66. The van der Waals surface area contributed by atoms with Crippen molar-refractivity contribution >= 4 is 60.2 Å². The summed E-state index contributed by atoms with van der Waals surface area (Å²) in [6.07, 6.45) is 0. The van der Waals surface area contributed by atoms with Crippen molar-refractivity contribution in [3.05, 3.63) is 115 Å². The number of para-hydroxylation sites is 2. The van der Waals surface area contributed by atoms with Crippen LogP contribution in [-0.4, -0.2) is 14.0 Å². The van der Waals surface area contributed by atoms with Gasteiger partial charge in [-0.15, -0.1) is 0 Å². The van der Waals surface area contributed by atoms with E-state index in [2.05, 4.69) is 124 Å². The van der Waals surface area contributed by atoms with Crippen LogP contribution < -0.4 is 0 Å². The van der Waals surface area contributed by atoms with Crippen molar-refractivity contribution in [3.63, 3.8) is 0 Å². The summed E-state index contributed by atoms with van der Waals surface area (Å²) >= 11 is 0. The molecule has 8 rings (SSSR count). The van der Waals surface area contributed by atoms with Crippen molar-refractivity contribution < 1.29 is 0 Å². The molecule has 0 aliphatic heterocycles. The molecular formula is C31H19N3. The van der Waals surface area contributed by atoms with Crippen LogP contribution in [0.3, 0.4) is 0 Å². The second-order valence-corrected chi connectivity index (χ2v) is 8.89. The van der Waals surface area contributed by atoms with Crippen LogP contribution in [0.4, 0.5) is 0 Å². The zero-order valence-corrected chi connectivity index (χ0v) is 18.3. The molecule has 34 heavy (non-hydrogen) atoms. The highest BCUT2D eigenvalue weighted by molar-refractivity contribution is 6.16. The fourth-order valence-electron chi connectivity index (χ4n) is 5.58. The molecule has 3 aromatic heterocycles. The van der Waals surface area contributed by atoms with Gasteiger partial charge in [-0.3, -0.25) is 8.97 Å². The fourth-order valence-corrected chi connectivity index (χ4v) is 5.58. The second-order valence-electron chi connectivity index (χ2n) is 8.89. The summed E-state index contributed by atoms with van der Waals surface area (Å²) in [5.74, 6) is 0. The Labute approximate surface area is 195 Å². The summed E-state index contributed by atoms with van der Waals surface area (Å²) < 4.78 is 4.72. The molecule has 0 aliphatic carbocycles. The standard InChI is InChI=1S/C31H19N3/c1-2-10-21-19-22(18-17-20(21)9-1)33-28-16-8-6-14-26(28)29-31(33)34-27-15-7-5-12-24(27)23-11-3-4-13-25(23)30(34)32-29/h1-19H. The lowest BCUT2D eigenvalue weighted by Crippen LogP contribution is -1.99. The Morgan fingerprint density at radius 2 is 1.15 bits per heavy atom. The third-order valence-corrected chi connectivity index (χ3v) is 7.06. The van der Waals surface area contributed by atoms with Crippen LogP contribution in [0.15, 0.2) is 115 Å². The number of nitrogens with zero attached hydrogens (tertiary/aromatic N) is 3. The van der Waals surface area contributed by atoms with E-state index in [0.717, 1.165) is 22.5 Å². The molecule has 0 saturated carbocycles. The summed E-state index contributed by atoms with van der Waals surface area (Å²) in [5, 5.41) is 7.29. The number of aromatic nitrogens is 3. The topological polar surface area (TPSA) is 22.2 Å².